The zero-order valence-electron chi connectivity index (χ0n) is 11.4. The van der Waals surface area contributed by atoms with E-state index in [1.54, 1.807) is 12.1 Å². The molecule has 0 fully saturated rings. The van der Waals surface area contributed by atoms with Gasteiger partial charge in [-0.1, -0.05) is 18.5 Å². The minimum atomic E-state index is -0.340. The molecule has 7 heteroatoms. The Morgan fingerprint density at radius 2 is 1.90 bits per heavy atom. The second-order valence-corrected chi connectivity index (χ2v) is 4.50. The molecule has 0 saturated carbocycles. The van der Waals surface area contributed by atoms with Crippen LogP contribution in [0.2, 0.25) is 5.02 Å². The molecule has 2 aromatic rings. The fourth-order valence-electron chi connectivity index (χ4n) is 1.75. The third-order valence-corrected chi connectivity index (χ3v) is 2.95. The maximum absolute atomic E-state index is 12.0. The average Bonchev–Trinajstić information content (AvgIpc) is 2.45. The van der Waals surface area contributed by atoms with Crippen LogP contribution in [0.4, 0.5) is 5.95 Å². The van der Waals surface area contributed by atoms with Crippen molar-refractivity contribution in [3.63, 3.8) is 0 Å². The first kappa shape index (κ1) is 14.5. The Kier molecular flexibility index (Phi) is 4.70. The minimum Gasteiger partial charge on any atom is -0.289 e. The third kappa shape index (κ3) is 3.15. The molecule has 2 N–H and O–H groups in total. The summed E-state index contributed by atoms with van der Waals surface area (Å²) < 4.78 is 1.51. The maximum Gasteiger partial charge on any atom is 0.352 e. The number of nitrogens with one attached hydrogen (secondary N) is 2. The standard InChI is InChI=1S/C13H16ClN5O/c1-3-15-18-12-16-11(19(4-2)13(20)17-12)9-5-7-10(14)8-6-9/h5-8,15H,3-4H2,1-2H3,(H,17,18,20). The Bertz CT molecular complexity index is 638. The Morgan fingerprint density at radius 3 is 2.50 bits per heavy atom. The van der Waals surface area contributed by atoms with E-state index in [1.165, 1.54) is 4.57 Å². The van der Waals surface area contributed by atoms with Gasteiger partial charge in [0.15, 0.2) is 0 Å². The number of halogens is 1. The molecule has 0 saturated heterocycles. The molecule has 0 atom stereocenters. The molecular formula is C13H16ClN5O. The van der Waals surface area contributed by atoms with Crippen molar-refractivity contribution in [2.45, 2.75) is 20.4 Å². The molecule has 1 aromatic heterocycles. The second kappa shape index (κ2) is 6.49. The summed E-state index contributed by atoms with van der Waals surface area (Å²) in [5, 5.41) is 0.638. The Balaban J connectivity index is 2.51. The summed E-state index contributed by atoms with van der Waals surface area (Å²) in [5.74, 6) is 0.816. The van der Waals surface area contributed by atoms with Gasteiger partial charge in [-0.25, -0.2) is 10.2 Å². The normalized spacial score (nSPS) is 10.6. The second-order valence-electron chi connectivity index (χ2n) is 4.06. The summed E-state index contributed by atoms with van der Waals surface area (Å²) in [4.78, 5) is 20.3. The lowest BCUT2D eigenvalue weighted by Gasteiger charge is -2.12. The van der Waals surface area contributed by atoms with Crippen LogP contribution in [0.15, 0.2) is 29.1 Å². The molecular weight excluding hydrogens is 278 g/mol. The summed E-state index contributed by atoms with van der Waals surface area (Å²) in [6.45, 7) is 5.00. The molecule has 1 heterocycles. The lowest BCUT2D eigenvalue weighted by Crippen LogP contribution is -2.30. The molecule has 20 heavy (non-hydrogen) atoms. The van der Waals surface area contributed by atoms with Gasteiger partial charge in [-0.05, 0) is 31.2 Å². The van der Waals surface area contributed by atoms with Crippen LogP contribution >= 0.6 is 11.6 Å². The summed E-state index contributed by atoms with van der Waals surface area (Å²) in [6.07, 6.45) is 0. The summed E-state index contributed by atoms with van der Waals surface area (Å²) in [5.41, 5.74) is 6.14. The van der Waals surface area contributed by atoms with Crippen molar-refractivity contribution in [3.05, 3.63) is 39.8 Å². The fraction of sp³-hybridized carbons (Fsp3) is 0.308. The first-order valence-corrected chi connectivity index (χ1v) is 6.77. The van der Waals surface area contributed by atoms with Crippen molar-refractivity contribution >= 4 is 17.5 Å². The van der Waals surface area contributed by atoms with Crippen molar-refractivity contribution < 1.29 is 0 Å². The maximum atomic E-state index is 12.0. The van der Waals surface area contributed by atoms with Crippen molar-refractivity contribution in [1.29, 1.82) is 0 Å². The molecule has 0 amide bonds. The number of anilines is 1. The molecule has 0 bridgehead atoms. The molecule has 0 aliphatic rings. The van der Waals surface area contributed by atoms with Gasteiger partial charge in [0.2, 0.25) is 5.95 Å². The number of hydrazine groups is 1. The molecule has 6 nitrogen and oxygen atoms in total. The predicted molar refractivity (Wildman–Crippen MR) is 79.7 cm³/mol. The van der Waals surface area contributed by atoms with Crippen LogP contribution < -0.4 is 16.5 Å². The quantitative estimate of drug-likeness (QED) is 0.824. The van der Waals surface area contributed by atoms with E-state index in [0.717, 1.165) is 5.56 Å². The smallest absolute Gasteiger partial charge is 0.289 e. The molecule has 0 aliphatic carbocycles. The summed E-state index contributed by atoms with van der Waals surface area (Å²) in [7, 11) is 0. The van der Waals surface area contributed by atoms with Crippen LogP contribution in [0.5, 0.6) is 0 Å². The predicted octanol–water partition coefficient (Wildman–Crippen LogP) is 1.91. The van der Waals surface area contributed by atoms with Crippen LogP contribution in [0.25, 0.3) is 11.4 Å². The van der Waals surface area contributed by atoms with Crippen LogP contribution in [-0.2, 0) is 6.54 Å². The van der Waals surface area contributed by atoms with Crippen molar-refractivity contribution in [2.24, 2.45) is 0 Å². The zero-order valence-corrected chi connectivity index (χ0v) is 12.1. The number of hydrogen-bond acceptors (Lipinski definition) is 5. The van der Waals surface area contributed by atoms with Gasteiger partial charge >= 0.3 is 5.69 Å². The molecule has 106 valence electrons. The molecule has 2 rings (SSSR count). The van der Waals surface area contributed by atoms with Gasteiger partial charge in [0.05, 0.1) is 0 Å². The highest BCUT2D eigenvalue weighted by Gasteiger charge is 2.10. The Hall–Kier alpha value is -1.92. The highest BCUT2D eigenvalue weighted by molar-refractivity contribution is 6.30. The van der Waals surface area contributed by atoms with Gasteiger partial charge in [0.1, 0.15) is 5.82 Å². The van der Waals surface area contributed by atoms with E-state index in [9.17, 15) is 4.79 Å². The first-order valence-electron chi connectivity index (χ1n) is 6.39. The minimum absolute atomic E-state index is 0.256. The van der Waals surface area contributed by atoms with Crippen molar-refractivity contribution in [2.75, 3.05) is 12.0 Å². The van der Waals surface area contributed by atoms with Crippen LogP contribution in [-0.4, -0.2) is 21.1 Å². The van der Waals surface area contributed by atoms with Gasteiger partial charge in [0.25, 0.3) is 0 Å². The van der Waals surface area contributed by atoms with Crippen LogP contribution in [0.1, 0.15) is 13.8 Å². The Labute approximate surface area is 121 Å². The summed E-state index contributed by atoms with van der Waals surface area (Å²) >= 11 is 5.88. The number of aromatic nitrogens is 3. The molecule has 0 spiro atoms. The molecule has 0 unspecified atom stereocenters. The monoisotopic (exact) mass is 293 g/mol. The number of nitrogens with zero attached hydrogens (tertiary/aromatic N) is 3. The highest BCUT2D eigenvalue weighted by Crippen LogP contribution is 2.19. The Morgan fingerprint density at radius 1 is 1.20 bits per heavy atom. The van der Waals surface area contributed by atoms with Gasteiger partial charge in [-0.2, -0.15) is 9.97 Å². The topological polar surface area (TPSA) is 71.8 Å². The molecule has 0 aliphatic heterocycles. The van der Waals surface area contributed by atoms with Crippen molar-refractivity contribution in [3.8, 4) is 11.4 Å². The van der Waals surface area contributed by atoms with Crippen LogP contribution in [0, 0.1) is 0 Å². The summed E-state index contributed by atoms with van der Waals surface area (Å²) in [6, 6.07) is 7.18. The van der Waals surface area contributed by atoms with Gasteiger partial charge < -0.3 is 0 Å². The van der Waals surface area contributed by atoms with Crippen LogP contribution in [0.3, 0.4) is 0 Å². The average molecular weight is 294 g/mol. The third-order valence-electron chi connectivity index (χ3n) is 2.70. The van der Waals surface area contributed by atoms with Gasteiger partial charge in [-0.3, -0.25) is 9.99 Å². The lowest BCUT2D eigenvalue weighted by molar-refractivity contribution is 0.681. The number of hydrogen-bond donors (Lipinski definition) is 2. The van der Waals surface area contributed by atoms with E-state index >= 15 is 0 Å². The molecule has 1 aromatic carbocycles. The largest absolute Gasteiger partial charge is 0.352 e. The van der Waals surface area contributed by atoms with Gasteiger partial charge in [-0.15, -0.1) is 0 Å². The number of rotatable bonds is 5. The van der Waals surface area contributed by atoms with E-state index < -0.39 is 0 Å². The molecule has 0 radical (unpaired) electrons. The highest BCUT2D eigenvalue weighted by atomic mass is 35.5. The van der Waals surface area contributed by atoms with E-state index in [1.807, 2.05) is 26.0 Å². The SMILES string of the molecule is CCNNc1nc(-c2ccc(Cl)cc2)n(CC)c(=O)n1. The number of benzene rings is 1. The van der Waals surface area contributed by atoms with E-state index in [2.05, 4.69) is 20.8 Å². The van der Waals surface area contributed by atoms with Gasteiger partial charge in [0, 0.05) is 23.7 Å². The first-order chi connectivity index (χ1) is 9.65. The fourth-order valence-corrected chi connectivity index (χ4v) is 1.88. The van der Waals surface area contributed by atoms with Crippen molar-refractivity contribution in [1.82, 2.24) is 20.0 Å². The van der Waals surface area contributed by atoms with E-state index in [4.69, 9.17) is 11.6 Å². The van der Waals surface area contributed by atoms with E-state index in [-0.39, 0.29) is 11.6 Å². The lowest BCUT2D eigenvalue weighted by atomic mass is 10.2. The van der Waals surface area contributed by atoms with E-state index in [0.29, 0.717) is 23.9 Å². The zero-order chi connectivity index (χ0) is 14.5.